The van der Waals surface area contributed by atoms with E-state index in [9.17, 15) is 14.5 Å². The van der Waals surface area contributed by atoms with Crippen molar-refractivity contribution in [3.8, 4) is 5.75 Å². The highest BCUT2D eigenvalue weighted by Crippen LogP contribution is 2.52. The molecule has 6 heteroatoms. The van der Waals surface area contributed by atoms with Gasteiger partial charge in [0.1, 0.15) is 12.0 Å². The predicted molar refractivity (Wildman–Crippen MR) is 68.1 cm³/mol. The molecule has 0 saturated heterocycles. The van der Waals surface area contributed by atoms with Crippen LogP contribution in [-0.4, -0.2) is 24.6 Å². The number of hydrogen-bond donors (Lipinski definition) is 1. The van der Waals surface area contributed by atoms with Crippen LogP contribution >= 0.6 is 7.60 Å². The molecule has 5 nitrogen and oxygen atoms in total. The molecule has 1 rings (SSSR count). The first-order valence-electron chi connectivity index (χ1n) is 5.70. The maximum atomic E-state index is 12.3. The average molecular weight is 272 g/mol. The highest BCUT2D eigenvalue weighted by Gasteiger charge is 2.25. The van der Waals surface area contributed by atoms with E-state index >= 15 is 0 Å². The average Bonchev–Trinajstić information content (AvgIpc) is 2.32. The number of benzene rings is 1. The number of phenols is 1. The van der Waals surface area contributed by atoms with Crippen molar-refractivity contribution in [1.29, 1.82) is 0 Å². The Kier molecular flexibility index (Phi) is 5.54. The van der Waals surface area contributed by atoms with Crippen LogP contribution in [-0.2, 0) is 19.8 Å². The Hall–Kier alpha value is -1.16. The quantitative estimate of drug-likeness (QED) is 0.610. The maximum Gasteiger partial charge on any atom is 0.335 e. The van der Waals surface area contributed by atoms with Gasteiger partial charge in [0.25, 0.3) is 0 Å². The highest BCUT2D eigenvalue weighted by molar-refractivity contribution is 7.53. The third-order valence-electron chi connectivity index (χ3n) is 2.26. The summed E-state index contributed by atoms with van der Waals surface area (Å²) in [6, 6.07) is 4.35. The molecule has 0 atom stereocenters. The largest absolute Gasteiger partial charge is 0.508 e. The summed E-state index contributed by atoms with van der Waals surface area (Å²) in [6.45, 7) is 3.94. The first kappa shape index (κ1) is 14.9. The van der Waals surface area contributed by atoms with Gasteiger partial charge in [-0.3, -0.25) is 9.36 Å². The SMILES string of the molecule is CCOP(=O)(Cc1cc(C=O)ccc1O)OCC. The Morgan fingerprint density at radius 3 is 2.39 bits per heavy atom. The van der Waals surface area contributed by atoms with E-state index < -0.39 is 7.60 Å². The predicted octanol–water partition coefficient (Wildman–Crippen LogP) is 2.97. The standard InChI is InChI=1S/C12H17O5P/c1-3-16-18(15,17-4-2)9-11-7-10(8-13)5-6-12(11)14/h5-8,14H,3-4,9H2,1-2H3. The molecule has 0 spiro atoms. The molecule has 0 aliphatic carbocycles. The van der Waals surface area contributed by atoms with E-state index in [-0.39, 0.29) is 25.1 Å². The minimum Gasteiger partial charge on any atom is -0.508 e. The van der Waals surface area contributed by atoms with Gasteiger partial charge in [0.05, 0.1) is 19.4 Å². The molecule has 0 unspecified atom stereocenters. The Morgan fingerprint density at radius 2 is 1.89 bits per heavy atom. The molecule has 0 aliphatic heterocycles. The lowest BCUT2D eigenvalue weighted by atomic mass is 10.1. The number of rotatable bonds is 7. The molecule has 0 fully saturated rings. The Bertz CT molecular complexity index is 448. The molecule has 0 saturated carbocycles. The van der Waals surface area contributed by atoms with E-state index in [2.05, 4.69) is 0 Å². The van der Waals surface area contributed by atoms with Crippen molar-refractivity contribution in [2.45, 2.75) is 20.0 Å². The van der Waals surface area contributed by atoms with Gasteiger partial charge in [-0.25, -0.2) is 0 Å². The van der Waals surface area contributed by atoms with Gasteiger partial charge in [-0.15, -0.1) is 0 Å². The third kappa shape index (κ3) is 3.95. The van der Waals surface area contributed by atoms with Crippen LogP contribution in [0.25, 0.3) is 0 Å². The zero-order chi connectivity index (χ0) is 13.6. The molecule has 1 N–H and O–H groups in total. The number of aromatic hydroxyl groups is 1. The number of carbonyl (C=O) groups is 1. The summed E-state index contributed by atoms with van der Waals surface area (Å²) in [4.78, 5) is 10.7. The van der Waals surface area contributed by atoms with Crippen molar-refractivity contribution >= 4 is 13.9 Å². The lowest BCUT2D eigenvalue weighted by Crippen LogP contribution is -2.00. The zero-order valence-corrected chi connectivity index (χ0v) is 11.4. The van der Waals surface area contributed by atoms with Crippen LogP contribution in [0.2, 0.25) is 0 Å². The van der Waals surface area contributed by atoms with E-state index in [0.717, 1.165) is 0 Å². The lowest BCUT2D eigenvalue weighted by Gasteiger charge is -2.17. The van der Waals surface area contributed by atoms with Crippen molar-refractivity contribution in [3.63, 3.8) is 0 Å². The van der Waals surface area contributed by atoms with Gasteiger partial charge in [0.2, 0.25) is 0 Å². The van der Waals surface area contributed by atoms with Crippen LogP contribution in [0.4, 0.5) is 0 Å². The van der Waals surface area contributed by atoms with E-state index in [0.29, 0.717) is 17.4 Å². The molecule has 1 aromatic carbocycles. The van der Waals surface area contributed by atoms with Crippen molar-refractivity contribution in [1.82, 2.24) is 0 Å². The third-order valence-corrected chi connectivity index (χ3v) is 4.29. The van der Waals surface area contributed by atoms with E-state index in [1.165, 1.54) is 18.2 Å². The second kappa shape index (κ2) is 6.69. The molecule has 0 bridgehead atoms. The number of phenolic OH excluding ortho intramolecular Hbond substituents is 1. The van der Waals surface area contributed by atoms with Gasteiger partial charge < -0.3 is 14.2 Å². The summed E-state index contributed by atoms with van der Waals surface area (Å²) >= 11 is 0. The Labute approximate surface area is 106 Å². The number of carbonyl (C=O) groups excluding carboxylic acids is 1. The van der Waals surface area contributed by atoms with Crippen LogP contribution < -0.4 is 0 Å². The Morgan fingerprint density at radius 1 is 1.28 bits per heavy atom. The van der Waals surface area contributed by atoms with Crippen molar-refractivity contribution in [2.24, 2.45) is 0 Å². The fourth-order valence-corrected chi connectivity index (χ4v) is 3.25. The van der Waals surface area contributed by atoms with E-state index in [1.54, 1.807) is 13.8 Å². The van der Waals surface area contributed by atoms with Crippen LogP contribution in [0.1, 0.15) is 29.8 Å². The minimum atomic E-state index is -3.27. The molecule has 1 aromatic rings. The van der Waals surface area contributed by atoms with Crippen molar-refractivity contribution in [2.75, 3.05) is 13.2 Å². The molecule has 0 radical (unpaired) electrons. The molecule has 0 aliphatic rings. The fourth-order valence-electron chi connectivity index (χ4n) is 1.54. The van der Waals surface area contributed by atoms with Crippen molar-refractivity contribution < 1.29 is 23.5 Å². The van der Waals surface area contributed by atoms with Gasteiger partial charge in [0, 0.05) is 11.1 Å². The molecule has 0 amide bonds. The summed E-state index contributed by atoms with van der Waals surface area (Å²) in [6.07, 6.45) is 0.609. The smallest absolute Gasteiger partial charge is 0.335 e. The second-order valence-electron chi connectivity index (χ2n) is 3.61. The second-order valence-corrected chi connectivity index (χ2v) is 5.67. The maximum absolute atomic E-state index is 12.3. The molecular formula is C12H17O5P. The van der Waals surface area contributed by atoms with Gasteiger partial charge in [-0.2, -0.15) is 0 Å². The van der Waals surface area contributed by atoms with Gasteiger partial charge in [0.15, 0.2) is 0 Å². The Balaban J connectivity index is 2.99. The highest BCUT2D eigenvalue weighted by atomic mass is 31.2. The fraction of sp³-hybridized carbons (Fsp3) is 0.417. The van der Waals surface area contributed by atoms with Crippen LogP contribution in [0.3, 0.4) is 0 Å². The summed E-state index contributed by atoms with van der Waals surface area (Å²) in [5.74, 6) is -0.0276. The minimum absolute atomic E-state index is 0.0276. The van der Waals surface area contributed by atoms with Crippen LogP contribution in [0, 0.1) is 0 Å². The summed E-state index contributed by atoms with van der Waals surface area (Å²) < 4.78 is 22.6. The molecular weight excluding hydrogens is 255 g/mol. The van der Waals surface area contributed by atoms with Crippen LogP contribution in [0.15, 0.2) is 18.2 Å². The first-order valence-corrected chi connectivity index (χ1v) is 7.42. The number of aldehydes is 1. The van der Waals surface area contributed by atoms with E-state index in [1.807, 2.05) is 0 Å². The molecule has 0 heterocycles. The monoisotopic (exact) mass is 272 g/mol. The molecule has 100 valence electrons. The summed E-state index contributed by atoms with van der Waals surface area (Å²) in [5.41, 5.74) is 0.784. The summed E-state index contributed by atoms with van der Waals surface area (Å²) in [7, 11) is -3.27. The lowest BCUT2D eigenvalue weighted by molar-refractivity contribution is 0.112. The number of hydrogen-bond acceptors (Lipinski definition) is 5. The van der Waals surface area contributed by atoms with Gasteiger partial charge >= 0.3 is 7.60 Å². The zero-order valence-electron chi connectivity index (χ0n) is 10.5. The molecule has 18 heavy (non-hydrogen) atoms. The van der Waals surface area contributed by atoms with Crippen LogP contribution in [0.5, 0.6) is 5.75 Å². The van der Waals surface area contributed by atoms with Gasteiger partial charge in [-0.1, -0.05) is 0 Å². The topological polar surface area (TPSA) is 72.8 Å². The normalized spacial score (nSPS) is 11.4. The van der Waals surface area contributed by atoms with Gasteiger partial charge in [-0.05, 0) is 32.0 Å². The van der Waals surface area contributed by atoms with E-state index in [4.69, 9.17) is 9.05 Å². The first-order chi connectivity index (χ1) is 8.54. The van der Waals surface area contributed by atoms with Crippen molar-refractivity contribution in [3.05, 3.63) is 29.3 Å². The summed E-state index contributed by atoms with van der Waals surface area (Å²) in [5, 5.41) is 9.68. The molecule has 0 aromatic heterocycles.